The molecule has 0 spiro atoms. The van der Waals surface area contributed by atoms with Crippen molar-refractivity contribution >= 4 is 16.9 Å². The van der Waals surface area contributed by atoms with Crippen molar-refractivity contribution in [1.82, 2.24) is 5.32 Å². The molecule has 1 aliphatic heterocycles. The molecule has 7 nitrogen and oxygen atoms in total. The summed E-state index contributed by atoms with van der Waals surface area (Å²) in [5, 5.41) is 3.23. The zero-order valence-corrected chi connectivity index (χ0v) is 15.0. The van der Waals surface area contributed by atoms with Crippen molar-refractivity contribution in [3.8, 4) is 17.2 Å². The summed E-state index contributed by atoms with van der Waals surface area (Å²) in [6, 6.07) is 9.58. The SMILES string of the molecule is COc1cc(C2NC(=O)c3oc4ccccc4c(=O)c32)cc(OC)c1OC. The van der Waals surface area contributed by atoms with Crippen LogP contribution in [0.2, 0.25) is 0 Å². The first-order chi connectivity index (χ1) is 13.1. The molecule has 0 radical (unpaired) electrons. The van der Waals surface area contributed by atoms with Crippen LogP contribution in [-0.4, -0.2) is 27.2 Å². The molecule has 0 aliphatic carbocycles. The third kappa shape index (κ3) is 2.51. The van der Waals surface area contributed by atoms with Crippen LogP contribution in [0, 0.1) is 0 Å². The van der Waals surface area contributed by atoms with Gasteiger partial charge < -0.3 is 23.9 Å². The van der Waals surface area contributed by atoms with Crippen LogP contribution < -0.4 is 25.0 Å². The Morgan fingerprint density at radius 1 is 0.963 bits per heavy atom. The first-order valence-electron chi connectivity index (χ1n) is 8.25. The summed E-state index contributed by atoms with van der Waals surface area (Å²) in [6.45, 7) is 0. The highest BCUT2D eigenvalue weighted by Crippen LogP contribution is 2.42. The molecule has 0 saturated heterocycles. The van der Waals surface area contributed by atoms with E-state index in [2.05, 4.69) is 5.32 Å². The van der Waals surface area contributed by atoms with Gasteiger partial charge in [-0.3, -0.25) is 9.59 Å². The highest BCUT2D eigenvalue weighted by Gasteiger charge is 2.36. The van der Waals surface area contributed by atoms with Crippen molar-refractivity contribution in [2.45, 2.75) is 6.04 Å². The van der Waals surface area contributed by atoms with Crippen LogP contribution in [0.1, 0.15) is 27.7 Å². The van der Waals surface area contributed by atoms with Gasteiger partial charge in [0, 0.05) is 0 Å². The molecule has 1 amide bonds. The fourth-order valence-corrected chi connectivity index (χ4v) is 3.37. The number of hydrogen-bond donors (Lipinski definition) is 1. The third-order valence-corrected chi connectivity index (χ3v) is 4.62. The second-order valence-electron chi connectivity index (χ2n) is 6.04. The summed E-state index contributed by atoms with van der Waals surface area (Å²) in [5.74, 6) is 0.877. The summed E-state index contributed by atoms with van der Waals surface area (Å²) < 4.78 is 21.8. The van der Waals surface area contributed by atoms with Gasteiger partial charge in [0.25, 0.3) is 5.91 Å². The fraction of sp³-hybridized carbons (Fsp3) is 0.200. The molecule has 1 aromatic heterocycles. The van der Waals surface area contributed by atoms with Gasteiger partial charge >= 0.3 is 0 Å². The molecule has 2 heterocycles. The van der Waals surface area contributed by atoms with Crippen molar-refractivity contribution in [2.24, 2.45) is 0 Å². The van der Waals surface area contributed by atoms with E-state index in [1.807, 2.05) is 0 Å². The standard InChI is InChI=1S/C20H17NO6/c1-24-13-8-10(9-14(25-2)18(13)26-3)16-15-17(22)11-6-4-5-7-12(11)27-19(15)20(23)21-16/h4-9,16H,1-3H3,(H,21,23). The van der Waals surface area contributed by atoms with E-state index in [1.54, 1.807) is 36.4 Å². The molecule has 1 N–H and O–H groups in total. The molecule has 3 aromatic rings. The van der Waals surface area contributed by atoms with Gasteiger partial charge in [0.15, 0.2) is 16.9 Å². The number of nitrogens with one attached hydrogen (secondary N) is 1. The van der Waals surface area contributed by atoms with Gasteiger partial charge in [0.05, 0.1) is 38.3 Å². The van der Waals surface area contributed by atoms with E-state index in [1.165, 1.54) is 21.3 Å². The first kappa shape index (κ1) is 17.0. The predicted molar refractivity (Wildman–Crippen MR) is 97.9 cm³/mol. The van der Waals surface area contributed by atoms with Crippen LogP contribution in [0.4, 0.5) is 0 Å². The fourth-order valence-electron chi connectivity index (χ4n) is 3.37. The number of amides is 1. The van der Waals surface area contributed by atoms with E-state index in [-0.39, 0.29) is 16.8 Å². The molecule has 138 valence electrons. The molecule has 1 atom stereocenters. The highest BCUT2D eigenvalue weighted by molar-refractivity contribution is 5.99. The number of para-hydroxylation sites is 1. The van der Waals surface area contributed by atoms with Gasteiger partial charge in [-0.05, 0) is 29.8 Å². The molecular weight excluding hydrogens is 350 g/mol. The minimum atomic E-state index is -0.679. The lowest BCUT2D eigenvalue weighted by Crippen LogP contribution is -2.22. The molecule has 0 bridgehead atoms. The van der Waals surface area contributed by atoms with Crippen molar-refractivity contribution in [1.29, 1.82) is 0 Å². The van der Waals surface area contributed by atoms with Gasteiger partial charge in [-0.25, -0.2) is 0 Å². The molecule has 27 heavy (non-hydrogen) atoms. The minimum Gasteiger partial charge on any atom is -0.493 e. The van der Waals surface area contributed by atoms with Gasteiger partial charge in [-0.15, -0.1) is 0 Å². The molecule has 4 rings (SSSR count). The summed E-state index contributed by atoms with van der Waals surface area (Å²) in [6.07, 6.45) is 0. The lowest BCUT2D eigenvalue weighted by Gasteiger charge is -2.17. The molecular formula is C20H17NO6. The van der Waals surface area contributed by atoms with E-state index >= 15 is 0 Å². The van der Waals surface area contributed by atoms with E-state index < -0.39 is 11.9 Å². The summed E-state index contributed by atoms with van der Waals surface area (Å²) in [7, 11) is 4.52. The van der Waals surface area contributed by atoms with Gasteiger partial charge in [0.2, 0.25) is 11.5 Å². The van der Waals surface area contributed by atoms with E-state index in [4.69, 9.17) is 18.6 Å². The zero-order chi connectivity index (χ0) is 19.1. The van der Waals surface area contributed by atoms with Crippen LogP contribution in [0.5, 0.6) is 17.2 Å². The first-order valence-corrected chi connectivity index (χ1v) is 8.25. The molecule has 0 fully saturated rings. The van der Waals surface area contributed by atoms with Gasteiger partial charge in [0.1, 0.15) is 5.58 Å². The van der Waals surface area contributed by atoms with Crippen LogP contribution in [-0.2, 0) is 0 Å². The quantitative estimate of drug-likeness (QED) is 0.763. The lowest BCUT2D eigenvalue weighted by molar-refractivity contribution is 0.0937. The summed E-state index contributed by atoms with van der Waals surface area (Å²) >= 11 is 0. The Labute approximate surface area is 154 Å². The van der Waals surface area contributed by atoms with E-state index in [0.717, 1.165) is 0 Å². The average Bonchev–Trinajstić information content (AvgIpc) is 3.03. The number of hydrogen-bond acceptors (Lipinski definition) is 6. The molecule has 2 aromatic carbocycles. The van der Waals surface area contributed by atoms with Crippen LogP contribution >= 0.6 is 0 Å². The maximum atomic E-state index is 13.0. The largest absolute Gasteiger partial charge is 0.493 e. The van der Waals surface area contributed by atoms with Gasteiger partial charge in [-0.1, -0.05) is 12.1 Å². The van der Waals surface area contributed by atoms with E-state index in [0.29, 0.717) is 33.8 Å². The van der Waals surface area contributed by atoms with Gasteiger partial charge in [-0.2, -0.15) is 0 Å². The molecule has 7 heteroatoms. The van der Waals surface area contributed by atoms with Crippen molar-refractivity contribution in [3.05, 3.63) is 63.5 Å². The third-order valence-electron chi connectivity index (χ3n) is 4.62. The monoisotopic (exact) mass is 367 g/mol. The van der Waals surface area contributed by atoms with Crippen LogP contribution in [0.3, 0.4) is 0 Å². The minimum absolute atomic E-state index is 0.0254. The van der Waals surface area contributed by atoms with Crippen molar-refractivity contribution < 1.29 is 23.4 Å². The number of carbonyl (C=O) groups is 1. The Bertz CT molecular complexity index is 1090. The van der Waals surface area contributed by atoms with Crippen molar-refractivity contribution in [2.75, 3.05) is 21.3 Å². The number of ether oxygens (including phenoxy) is 3. The topological polar surface area (TPSA) is 87.0 Å². The maximum Gasteiger partial charge on any atom is 0.288 e. The molecule has 1 aliphatic rings. The number of carbonyl (C=O) groups excluding carboxylic acids is 1. The maximum absolute atomic E-state index is 13.0. The number of benzene rings is 2. The van der Waals surface area contributed by atoms with Crippen LogP contribution in [0.15, 0.2) is 45.6 Å². The Morgan fingerprint density at radius 3 is 2.26 bits per heavy atom. The number of fused-ring (bicyclic) bond motifs is 2. The smallest absolute Gasteiger partial charge is 0.288 e. The Kier molecular flexibility index (Phi) is 3.99. The Hall–Kier alpha value is -3.48. The molecule has 0 saturated carbocycles. The Morgan fingerprint density at radius 2 is 1.63 bits per heavy atom. The normalized spacial score (nSPS) is 15.4. The number of methoxy groups -OCH3 is 3. The summed E-state index contributed by atoms with van der Waals surface area (Å²) in [5.41, 5.74) is 1.03. The lowest BCUT2D eigenvalue weighted by atomic mass is 9.98. The zero-order valence-electron chi connectivity index (χ0n) is 15.0. The predicted octanol–water partition coefficient (Wildman–Crippen LogP) is 2.65. The second-order valence-corrected chi connectivity index (χ2v) is 6.04. The second kappa shape index (κ2) is 6.35. The average molecular weight is 367 g/mol. The number of rotatable bonds is 4. The Balaban J connectivity index is 1.95. The molecule has 1 unspecified atom stereocenters. The summed E-state index contributed by atoms with van der Waals surface area (Å²) in [4.78, 5) is 25.5. The van der Waals surface area contributed by atoms with Crippen LogP contribution in [0.25, 0.3) is 11.0 Å². The highest BCUT2D eigenvalue weighted by atomic mass is 16.5. The van der Waals surface area contributed by atoms with Crippen molar-refractivity contribution in [3.63, 3.8) is 0 Å². The van der Waals surface area contributed by atoms with E-state index in [9.17, 15) is 9.59 Å².